The average molecular weight is 543 g/mol. The number of anilines is 1. The molecule has 4 nitrogen and oxygen atoms in total. The number of alkyl halides is 6. The number of halogens is 6. The number of allylic oxidation sites excluding steroid dienone is 2. The molecule has 1 heterocycles. The number of para-hydroxylation sites is 1. The smallest absolute Gasteiger partial charge is 0.387 e. The van der Waals surface area contributed by atoms with Crippen LogP contribution >= 0.6 is 0 Å². The van der Waals surface area contributed by atoms with Gasteiger partial charge in [0.05, 0.1) is 16.8 Å². The molecule has 0 spiro atoms. The Balaban J connectivity index is 1.43. The van der Waals surface area contributed by atoms with Crippen LogP contribution in [0.3, 0.4) is 0 Å². The molecule has 6 atom stereocenters. The van der Waals surface area contributed by atoms with Crippen LogP contribution in [0.2, 0.25) is 0 Å². The van der Waals surface area contributed by atoms with E-state index in [-0.39, 0.29) is 23.0 Å². The minimum atomic E-state index is -5.06. The fraction of sp³-hybridized carbons (Fsp3) is 0.643. The Morgan fingerprint density at radius 3 is 2.21 bits per heavy atom. The van der Waals surface area contributed by atoms with Crippen LogP contribution in [-0.4, -0.2) is 18.2 Å². The first kappa shape index (κ1) is 27.1. The lowest BCUT2D eigenvalue weighted by Crippen LogP contribution is -2.57. The SMILES string of the molecule is CC1=C2NCC3C(CC[C@@]4(C)C3CC[C@@H]4C(=O)Nc3c(C(F)(F)F)cccc3C(F)(F)F)[C@@]2(C)CCC1=O. The molecule has 0 aromatic heterocycles. The van der Waals surface area contributed by atoms with Crippen LogP contribution in [0.15, 0.2) is 29.5 Å². The second kappa shape index (κ2) is 8.74. The summed E-state index contributed by atoms with van der Waals surface area (Å²) in [4.78, 5) is 25.8. The van der Waals surface area contributed by atoms with Crippen molar-refractivity contribution in [3.8, 4) is 0 Å². The van der Waals surface area contributed by atoms with Crippen molar-refractivity contribution in [3.05, 3.63) is 40.6 Å². The van der Waals surface area contributed by atoms with E-state index in [1.54, 1.807) is 0 Å². The van der Waals surface area contributed by atoms with Gasteiger partial charge in [0.1, 0.15) is 0 Å². The molecule has 3 unspecified atom stereocenters. The standard InChI is InChI=1S/C28H32F6N2O2/c1-14-21(37)10-12-26(3)17-9-11-25(2)16(15(17)13-35-23(14)26)7-8-20(25)24(38)36-22-18(27(29,30)31)5-4-6-19(22)28(32,33)34/h4-6,15-17,20,35H,7-13H2,1-3H3,(H,36,38)/t15?,16?,17?,20-,25+,26-/m1/s1. The lowest BCUT2D eigenvalue weighted by atomic mass is 9.49. The van der Waals surface area contributed by atoms with Crippen molar-refractivity contribution < 1.29 is 35.9 Å². The number of Topliss-reactive ketones (excluding diaryl/α,β-unsaturated/α-hetero) is 1. The van der Waals surface area contributed by atoms with Crippen molar-refractivity contribution in [3.63, 3.8) is 0 Å². The van der Waals surface area contributed by atoms with Crippen molar-refractivity contribution >= 4 is 17.4 Å². The maximum absolute atomic E-state index is 13.6. The number of fused-ring (bicyclic) bond motifs is 5. The quantitative estimate of drug-likeness (QED) is 0.397. The highest BCUT2D eigenvalue weighted by Gasteiger charge is 2.61. The van der Waals surface area contributed by atoms with Crippen LogP contribution in [0.1, 0.15) is 70.4 Å². The minimum Gasteiger partial charge on any atom is -0.387 e. The third-order valence-corrected chi connectivity index (χ3v) is 10.2. The molecule has 1 saturated heterocycles. The summed E-state index contributed by atoms with van der Waals surface area (Å²) < 4.78 is 81.9. The molecule has 0 bridgehead atoms. The maximum Gasteiger partial charge on any atom is 0.418 e. The zero-order valence-electron chi connectivity index (χ0n) is 21.6. The molecule has 10 heteroatoms. The fourth-order valence-corrected chi connectivity index (χ4v) is 8.34. The molecule has 1 amide bonds. The van der Waals surface area contributed by atoms with Crippen molar-refractivity contribution in [1.29, 1.82) is 0 Å². The Hall–Kier alpha value is -2.52. The molecular formula is C28H32F6N2O2. The van der Waals surface area contributed by atoms with Crippen LogP contribution < -0.4 is 10.6 Å². The van der Waals surface area contributed by atoms with E-state index in [1.807, 2.05) is 13.8 Å². The van der Waals surface area contributed by atoms with Gasteiger partial charge in [0.2, 0.25) is 5.91 Å². The van der Waals surface area contributed by atoms with E-state index in [0.717, 1.165) is 24.1 Å². The first-order chi connectivity index (χ1) is 17.6. The number of rotatable bonds is 2. The summed E-state index contributed by atoms with van der Waals surface area (Å²) >= 11 is 0. The molecule has 1 aliphatic heterocycles. The first-order valence-corrected chi connectivity index (χ1v) is 13.2. The molecule has 2 saturated carbocycles. The van der Waals surface area contributed by atoms with Crippen molar-refractivity contribution in [1.82, 2.24) is 5.32 Å². The van der Waals surface area contributed by atoms with E-state index in [9.17, 15) is 35.9 Å². The van der Waals surface area contributed by atoms with E-state index < -0.39 is 46.4 Å². The lowest BCUT2D eigenvalue weighted by molar-refractivity contribution is -0.142. The van der Waals surface area contributed by atoms with Crippen LogP contribution in [0.4, 0.5) is 32.0 Å². The number of carbonyl (C=O) groups is 2. The van der Waals surface area contributed by atoms with Gasteiger partial charge in [0, 0.05) is 35.6 Å². The van der Waals surface area contributed by atoms with Crippen LogP contribution in [0.5, 0.6) is 0 Å². The molecule has 2 N–H and O–H groups in total. The highest BCUT2D eigenvalue weighted by molar-refractivity contribution is 5.97. The predicted octanol–water partition coefficient (Wildman–Crippen LogP) is 6.97. The highest BCUT2D eigenvalue weighted by Crippen LogP contribution is 2.64. The zero-order valence-corrected chi connectivity index (χ0v) is 21.6. The van der Waals surface area contributed by atoms with Crippen molar-refractivity contribution in [2.75, 3.05) is 11.9 Å². The summed E-state index contributed by atoms with van der Waals surface area (Å²) in [6, 6.07) is 1.83. The number of amides is 1. The first-order valence-electron chi connectivity index (χ1n) is 13.2. The number of hydrogen-bond donors (Lipinski definition) is 2. The molecular weight excluding hydrogens is 510 g/mol. The van der Waals surface area contributed by atoms with E-state index in [2.05, 4.69) is 17.6 Å². The van der Waals surface area contributed by atoms with Crippen LogP contribution in [0.25, 0.3) is 0 Å². The Bertz CT molecular complexity index is 1170. The minimum absolute atomic E-state index is 0.0979. The summed E-state index contributed by atoms with van der Waals surface area (Å²) in [5, 5.41) is 5.60. The van der Waals surface area contributed by atoms with Gasteiger partial charge in [0.25, 0.3) is 0 Å². The van der Waals surface area contributed by atoms with E-state index in [4.69, 9.17) is 0 Å². The van der Waals surface area contributed by atoms with Gasteiger partial charge in [-0.1, -0.05) is 19.9 Å². The third-order valence-electron chi connectivity index (χ3n) is 10.2. The largest absolute Gasteiger partial charge is 0.418 e. The third kappa shape index (κ3) is 4.04. The molecule has 3 fully saturated rings. The van der Waals surface area contributed by atoms with Gasteiger partial charge in [-0.3, -0.25) is 9.59 Å². The van der Waals surface area contributed by atoms with Gasteiger partial charge in [-0.25, -0.2) is 0 Å². The van der Waals surface area contributed by atoms with Crippen LogP contribution in [0, 0.1) is 34.5 Å². The fourth-order valence-electron chi connectivity index (χ4n) is 8.34. The Morgan fingerprint density at radius 2 is 1.61 bits per heavy atom. The maximum atomic E-state index is 13.6. The summed E-state index contributed by atoms with van der Waals surface area (Å²) in [7, 11) is 0. The number of nitrogens with one attached hydrogen (secondary N) is 2. The second-order valence-corrected chi connectivity index (χ2v) is 12.0. The summed E-state index contributed by atoms with van der Waals surface area (Å²) in [6.07, 6.45) is -6.36. The molecule has 38 heavy (non-hydrogen) atoms. The zero-order chi connectivity index (χ0) is 27.8. The molecule has 1 aromatic carbocycles. The summed E-state index contributed by atoms with van der Waals surface area (Å²) in [6.45, 7) is 6.66. The number of ketones is 1. The Kier molecular flexibility index (Phi) is 6.23. The summed E-state index contributed by atoms with van der Waals surface area (Å²) in [5.41, 5.74) is -3.18. The highest BCUT2D eigenvalue weighted by atomic mass is 19.4. The van der Waals surface area contributed by atoms with Gasteiger partial charge < -0.3 is 10.6 Å². The average Bonchev–Trinajstić information content (AvgIpc) is 3.18. The number of hydrogen-bond acceptors (Lipinski definition) is 3. The van der Waals surface area contributed by atoms with Gasteiger partial charge in [0.15, 0.2) is 5.78 Å². The van der Waals surface area contributed by atoms with Crippen molar-refractivity contribution in [2.24, 2.45) is 34.5 Å². The molecule has 3 aliphatic carbocycles. The van der Waals surface area contributed by atoms with Gasteiger partial charge in [-0.15, -0.1) is 0 Å². The normalized spacial score (nSPS) is 35.2. The topological polar surface area (TPSA) is 58.2 Å². The monoisotopic (exact) mass is 542 g/mol. The molecule has 5 rings (SSSR count). The Labute approximate surface area is 217 Å². The van der Waals surface area contributed by atoms with E-state index in [0.29, 0.717) is 56.3 Å². The number of carbonyl (C=O) groups excluding carboxylic acids is 2. The van der Waals surface area contributed by atoms with Gasteiger partial charge >= 0.3 is 12.4 Å². The second-order valence-electron chi connectivity index (χ2n) is 12.0. The van der Waals surface area contributed by atoms with Crippen molar-refractivity contribution in [2.45, 2.75) is 71.6 Å². The van der Waals surface area contributed by atoms with Crippen LogP contribution in [-0.2, 0) is 21.9 Å². The van der Waals surface area contributed by atoms with Gasteiger partial charge in [-0.05, 0) is 74.3 Å². The number of piperidine rings is 1. The Morgan fingerprint density at radius 1 is 0.974 bits per heavy atom. The predicted molar refractivity (Wildman–Crippen MR) is 129 cm³/mol. The molecule has 0 radical (unpaired) electrons. The molecule has 208 valence electrons. The lowest BCUT2D eigenvalue weighted by Gasteiger charge is -2.58. The van der Waals surface area contributed by atoms with Gasteiger partial charge in [-0.2, -0.15) is 26.3 Å². The molecule has 1 aromatic rings. The summed E-state index contributed by atoms with van der Waals surface area (Å²) in [5.74, 6) is -0.737. The number of benzene rings is 1. The molecule has 4 aliphatic rings. The van der Waals surface area contributed by atoms with E-state index >= 15 is 0 Å². The van der Waals surface area contributed by atoms with E-state index in [1.165, 1.54) is 0 Å².